The predicted octanol–water partition coefficient (Wildman–Crippen LogP) is -0.862. The zero-order chi connectivity index (χ0) is 9.84. The summed E-state index contributed by atoms with van der Waals surface area (Å²) in [5.74, 6) is -0.0906. The first-order chi connectivity index (χ1) is 6.16. The fraction of sp³-hybridized carbons (Fsp3) is 0.125. The highest BCUT2D eigenvalue weighted by atomic mass is 16.4. The van der Waals surface area contributed by atoms with Crippen molar-refractivity contribution in [3.05, 3.63) is 23.8 Å². The summed E-state index contributed by atoms with van der Waals surface area (Å²) < 4.78 is 0. The van der Waals surface area contributed by atoms with E-state index in [-0.39, 0.29) is 23.2 Å². The molecule has 0 aliphatic rings. The molecule has 13 heavy (non-hydrogen) atoms. The minimum absolute atomic E-state index is 0.0420. The van der Waals surface area contributed by atoms with Gasteiger partial charge in [0.05, 0.1) is 12.5 Å². The Morgan fingerprint density at radius 3 is 2.62 bits per heavy atom. The molecule has 0 atom stereocenters. The second-order valence-corrected chi connectivity index (χ2v) is 2.55. The van der Waals surface area contributed by atoms with Gasteiger partial charge >= 0.3 is 7.12 Å². The van der Waals surface area contributed by atoms with E-state index in [4.69, 9.17) is 15.3 Å². The monoisotopic (exact) mass is 177 g/mol. The Balaban J connectivity index is 3.19. The first-order valence-corrected chi connectivity index (χ1v) is 3.70. The summed E-state index contributed by atoms with van der Waals surface area (Å²) in [7, 11) is -1.66. The fourth-order valence-corrected chi connectivity index (χ4v) is 1.11. The molecular formula is C8H8BNO3. The van der Waals surface area contributed by atoms with E-state index >= 15 is 0 Å². The SMILES string of the molecule is N#CCc1c(O)cccc1B(O)O. The lowest BCUT2D eigenvalue weighted by atomic mass is 9.76. The maximum Gasteiger partial charge on any atom is 0.488 e. The Morgan fingerprint density at radius 1 is 1.38 bits per heavy atom. The quantitative estimate of drug-likeness (QED) is 0.513. The van der Waals surface area contributed by atoms with Crippen LogP contribution >= 0.6 is 0 Å². The van der Waals surface area contributed by atoms with E-state index < -0.39 is 7.12 Å². The van der Waals surface area contributed by atoms with Gasteiger partial charge in [0.2, 0.25) is 0 Å². The molecule has 0 fully saturated rings. The lowest BCUT2D eigenvalue weighted by Crippen LogP contribution is -2.32. The highest BCUT2D eigenvalue weighted by Gasteiger charge is 2.17. The van der Waals surface area contributed by atoms with Gasteiger partial charge in [-0.05, 0) is 11.5 Å². The average molecular weight is 177 g/mol. The second kappa shape index (κ2) is 3.94. The van der Waals surface area contributed by atoms with Crippen molar-refractivity contribution in [2.24, 2.45) is 0 Å². The number of aromatic hydroxyl groups is 1. The molecule has 4 nitrogen and oxygen atoms in total. The number of nitriles is 1. The summed E-state index contributed by atoms with van der Waals surface area (Å²) >= 11 is 0. The molecular weight excluding hydrogens is 169 g/mol. The van der Waals surface area contributed by atoms with Gasteiger partial charge in [0.25, 0.3) is 0 Å². The van der Waals surface area contributed by atoms with Crippen LogP contribution in [0.3, 0.4) is 0 Å². The number of hydrogen-bond donors (Lipinski definition) is 3. The molecule has 3 N–H and O–H groups in total. The number of phenolic OH excluding ortho intramolecular Hbond substituents is 1. The molecule has 0 saturated carbocycles. The van der Waals surface area contributed by atoms with Crippen LogP contribution in [0.1, 0.15) is 5.56 Å². The van der Waals surface area contributed by atoms with Crippen LogP contribution in [0.4, 0.5) is 0 Å². The molecule has 5 heteroatoms. The molecule has 1 rings (SSSR count). The van der Waals surface area contributed by atoms with Gasteiger partial charge in [0, 0.05) is 5.56 Å². The van der Waals surface area contributed by atoms with E-state index in [2.05, 4.69) is 0 Å². The molecule has 0 amide bonds. The smallest absolute Gasteiger partial charge is 0.488 e. The zero-order valence-corrected chi connectivity index (χ0v) is 6.81. The van der Waals surface area contributed by atoms with Crippen LogP contribution in [0.2, 0.25) is 0 Å². The van der Waals surface area contributed by atoms with Crippen molar-refractivity contribution in [3.8, 4) is 11.8 Å². The first kappa shape index (κ1) is 9.58. The van der Waals surface area contributed by atoms with Crippen LogP contribution in [-0.4, -0.2) is 22.3 Å². The normalized spacial score (nSPS) is 9.31. The third kappa shape index (κ3) is 1.99. The maximum absolute atomic E-state index is 9.30. The largest absolute Gasteiger partial charge is 0.508 e. The summed E-state index contributed by atoms with van der Waals surface area (Å²) in [5.41, 5.74) is 0.432. The van der Waals surface area contributed by atoms with E-state index in [1.165, 1.54) is 18.2 Å². The lowest BCUT2D eigenvalue weighted by Gasteiger charge is -2.06. The van der Waals surface area contributed by atoms with Gasteiger partial charge in [0.15, 0.2) is 0 Å². The van der Waals surface area contributed by atoms with Gasteiger partial charge in [-0.25, -0.2) is 0 Å². The first-order valence-electron chi connectivity index (χ1n) is 3.70. The third-order valence-electron chi connectivity index (χ3n) is 1.72. The third-order valence-corrected chi connectivity index (χ3v) is 1.72. The van der Waals surface area contributed by atoms with Crippen LogP contribution in [-0.2, 0) is 6.42 Å². The number of rotatable bonds is 2. The van der Waals surface area contributed by atoms with Crippen molar-refractivity contribution in [3.63, 3.8) is 0 Å². The van der Waals surface area contributed by atoms with Crippen LogP contribution in [0.15, 0.2) is 18.2 Å². The van der Waals surface area contributed by atoms with E-state index in [1.807, 2.05) is 6.07 Å². The number of nitrogens with zero attached hydrogens (tertiary/aromatic N) is 1. The van der Waals surface area contributed by atoms with Crippen LogP contribution in [0, 0.1) is 11.3 Å². The summed E-state index contributed by atoms with van der Waals surface area (Å²) in [6.07, 6.45) is -0.0420. The van der Waals surface area contributed by atoms with Crippen molar-refractivity contribution in [1.29, 1.82) is 5.26 Å². The molecule has 0 bridgehead atoms. The van der Waals surface area contributed by atoms with Crippen molar-refractivity contribution in [2.45, 2.75) is 6.42 Å². The van der Waals surface area contributed by atoms with Crippen molar-refractivity contribution < 1.29 is 15.2 Å². The molecule has 0 aromatic heterocycles. The summed E-state index contributed by atoms with van der Waals surface area (Å²) in [6.45, 7) is 0. The molecule has 66 valence electrons. The maximum atomic E-state index is 9.30. The van der Waals surface area contributed by atoms with E-state index in [0.717, 1.165) is 0 Å². The fourth-order valence-electron chi connectivity index (χ4n) is 1.11. The Bertz CT molecular complexity index is 346. The van der Waals surface area contributed by atoms with Gasteiger partial charge in [0.1, 0.15) is 5.75 Å². The van der Waals surface area contributed by atoms with Crippen LogP contribution in [0.5, 0.6) is 5.75 Å². The second-order valence-electron chi connectivity index (χ2n) is 2.55. The summed E-state index contributed by atoms with van der Waals surface area (Å²) in [5, 5.41) is 35.5. The topological polar surface area (TPSA) is 84.5 Å². The molecule has 1 aromatic carbocycles. The minimum Gasteiger partial charge on any atom is -0.508 e. The Hall–Kier alpha value is -1.51. The average Bonchev–Trinajstić information content (AvgIpc) is 2.08. The predicted molar refractivity (Wildman–Crippen MR) is 47.2 cm³/mol. The van der Waals surface area contributed by atoms with Crippen LogP contribution in [0.25, 0.3) is 0 Å². The molecule has 0 aliphatic carbocycles. The molecule has 0 radical (unpaired) electrons. The zero-order valence-electron chi connectivity index (χ0n) is 6.81. The molecule has 0 saturated heterocycles. The van der Waals surface area contributed by atoms with E-state index in [1.54, 1.807) is 0 Å². The molecule has 0 spiro atoms. The van der Waals surface area contributed by atoms with Crippen molar-refractivity contribution in [1.82, 2.24) is 0 Å². The molecule has 1 aromatic rings. The Morgan fingerprint density at radius 2 is 2.08 bits per heavy atom. The number of phenols is 1. The lowest BCUT2D eigenvalue weighted by molar-refractivity contribution is 0.424. The molecule has 0 unspecified atom stereocenters. The van der Waals surface area contributed by atoms with Gasteiger partial charge in [-0.3, -0.25) is 0 Å². The number of benzene rings is 1. The summed E-state index contributed by atoms with van der Waals surface area (Å²) in [4.78, 5) is 0. The summed E-state index contributed by atoms with van der Waals surface area (Å²) in [6, 6.07) is 6.19. The van der Waals surface area contributed by atoms with Gasteiger partial charge in [-0.1, -0.05) is 12.1 Å². The minimum atomic E-state index is -1.66. The van der Waals surface area contributed by atoms with E-state index in [0.29, 0.717) is 0 Å². The van der Waals surface area contributed by atoms with Gasteiger partial charge in [-0.15, -0.1) is 0 Å². The number of hydrogen-bond acceptors (Lipinski definition) is 4. The van der Waals surface area contributed by atoms with Crippen LogP contribution < -0.4 is 5.46 Å². The van der Waals surface area contributed by atoms with Gasteiger partial charge < -0.3 is 15.2 Å². The molecule has 0 aliphatic heterocycles. The highest BCUT2D eigenvalue weighted by molar-refractivity contribution is 6.59. The molecule has 0 heterocycles. The van der Waals surface area contributed by atoms with Gasteiger partial charge in [-0.2, -0.15) is 5.26 Å². The van der Waals surface area contributed by atoms with Crippen molar-refractivity contribution in [2.75, 3.05) is 0 Å². The highest BCUT2D eigenvalue weighted by Crippen LogP contribution is 2.14. The van der Waals surface area contributed by atoms with Crippen molar-refractivity contribution >= 4 is 12.6 Å². The Kier molecular flexibility index (Phi) is 2.90. The standard InChI is InChI=1S/C8H8BNO3/c10-5-4-6-7(9(12)13)2-1-3-8(6)11/h1-3,11-13H,4H2. The Labute approximate surface area is 75.8 Å². The van der Waals surface area contributed by atoms with E-state index in [9.17, 15) is 5.11 Å².